The molecule has 0 bridgehead atoms. The lowest BCUT2D eigenvalue weighted by molar-refractivity contribution is -0.136. The van der Waals surface area contributed by atoms with E-state index in [1.807, 2.05) is 0 Å². The molecule has 0 amide bonds. The van der Waals surface area contributed by atoms with Gasteiger partial charge in [-0.15, -0.1) is 0 Å². The van der Waals surface area contributed by atoms with Crippen molar-refractivity contribution in [3.05, 3.63) is 76.4 Å². The van der Waals surface area contributed by atoms with E-state index in [1.54, 1.807) is 25.1 Å². The molecule has 0 aliphatic carbocycles. The summed E-state index contributed by atoms with van der Waals surface area (Å²) in [5.74, 6) is -1.30. The Hall–Kier alpha value is -2.95. The van der Waals surface area contributed by atoms with Crippen molar-refractivity contribution in [2.45, 2.75) is 13.3 Å². The van der Waals surface area contributed by atoms with Crippen LogP contribution in [0.1, 0.15) is 18.2 Å². The molecule has 118 valence electrons. The molecule has 1 N–H and O–H groups in total. The average molecular weight is 314 g/mol. The number of carboxylic acid groups (broad SMARTS) is 1. The van der Waals surface area contributed by atoms with Gasteiger partial charge in [0.25, 0.3) is 0 Å². The van der Waals surface area contributed by atoms with Crippen LogP contribution in [-0.4, -0.2) is 11.1 Å². The first kappa shape index (κ1) is 16.4. The third-order valence-corrected chi connectivity index (χ3v) is 3.21. The summed E-state index contributed by atoms with van der Waals surface area (Å²) in [6.45, 7) is 5.29. The molecular weight excluding hydrogens is 299 g/mol. The van der Waals surface area contributed by atoms with E-state index in [0.29, 0.717) is 16.5 Å². The molecule has 2 rings (SSSR count). The maximum atomic E-state index is 13.1. The highest BCUT2D eigenvalue weighted by Crippen LogP contribution is 2.22. The number of allylic oxidation sites excluding steroid dienone is 5. The Morgan fingerprint density at radius 3 is 2.78 bits per heavy atom. The number of benzene rings is 1. The highest BCUT2D eigenvalue weighted by atomic mass is 19.1. The van der Waals surface area contributed by atoms with Gasteiger partial charge in [-0.25, -0.2) is 4.39 Å². The van der Waals surface area contributed by atoms with Crippen LogP contribution in [-0.2, 0) is 11.2 Å². The smallest absolute Gasteiger partial charge is 0.307 e. The molecule has 23 heavy (non-hydrogen) atoms. The van der Waals surface area contributed by atoms with Crippen LogP contribution in [0.4, 0.5) is 4.39 Å². The number of hydrogen-bond donors (Lipinski definition) is 1. The number of carbonyl (C=O) groups is 1. The summed E-state index contributed by atoms with van der Waals surface area (Å²) in [6, 6.07) is 6.01. The lowest BCUT2D eigenvalue weighted by atomic mass is 10.1. The van der Waals surface area contributed by atoms with Gasteiger partial charge in [0.15, 0.2) is 5.43 Å². The fourth-order valence-electron chi connectivity index (χ4n) is 2.05. The first-order valence-electron chi connectivity index (χ1n) is 6.89. The van der Waals surface area contributed by atoms with Gasteiger partial charge in [-0.2, -0.15) is 0 Å². The van der Waals surface area contributed by atoms with Crippen LogP contribution in [0.2, 0.25) is 0 Å². The zero-order valence-corrected chi connectivity index (χ0v) is 12.5. The van der Waals surface area contributed by atoms with Crippen molar-refractivity contribution in [2.75, 3.05) is 0 Å². The molecule has 0 saturated heterocycles. The Bertz CT molecular complexity index is 888. The average Bonchev–Trinajstić information content (AvgIpc) is 2.52. The molecule has 1 aromatic carbocycles. The third-order valence-electron chi connectivity index (χ3n) is 3.21. The van der Waals surface area contributed by atoms with Crippen molar-refractivity contribution in [1.82, 2.24) is 0 Å². The number of hydrogen-bond acceptors (Lipinski definition) is 3. The summed E-state index contributed by atoms with van der Waals surface area (Å²) < 4.78 is 18.8. The molecule has 1 heterocycles. The van der Waals surface area contributed by atoms with Gasteiger partial charge >= 0.3 is 5.97 Å². The minimum Gasteiger partial charge on any atom is -0.481 e. The zero-order valence-electron chi connectivity index (χ0n) is 12.5. The number of aliphatic carboxylic acids is 1. The molecule has 1 aromatic heterocycles. The van der Waals surface area contributed by atoms with Crippen molar-refractivity contribution >= 4 is 22.5 Å². The molecule has 0 radical (unpaired) electrons. The van der Waals surface area contributed by atoms with Crippen LogP contribution in [0.5, 0.6) is 0 Å². The summed E-state index contributed by atoms with van der Waals surface area (Å²) in [5.41, 5.74) is 0.601. The Balaban J connectivity index is 2.55. The summed E-state index contributed by atoms with van der Waals surface area (Å²) in [6.07, 6.45) is 3.61. The number of fused-ring (bicyclic) bond motifs is 1. The fraction of sp³-hybridized carbons (Fsp3) is 0.111. The topological polar surface area (TPSA) is 67.5 Å². The highest BCUT2D eigenvalue weighted by molar-refractivity contribution is 5.85. The quantitative estimate of drug-likeness (QED) is 0.851. The van der Waals surface area contributed by atoms with Crippen molar-refractivity contribution in [2.24, 2.45) is 0 Å². The van der Waals surface area contributed by atoms with Gasteiger partial charge in [-0.05, 0) is 25.1 Å². The van der Waals surface area contributed by atoms with E-state index >= 15 is 0 Å². The van der Waals surface area contributed by atoms with Gasteiger partial charge in [-0.1, -0.05) is 24.8 Å². The van der Waals surface area contributed by atoms with Gasteiger partial charge in [0.2, 0.25) is 0 Å². The number of para-hydroxylation sites is 1. The molecule has 2 aromatic rings. The number of carboxylic acids is 1. The Morgan fingerprint density at radius 1 is 1.39 bits per heavy atom. The number of rotatable bonds is 5. The fourth-order valence-corrected chi connectivity index (χ4v) is 2.05. The van der Waals surface area contributed by atoms with Crippen LogP contribution in [0.15, 0.2) is 64.1 Å². The van der Waals surface area contributed by atoms with E-state index in [4.69, 9.17) is 9.52 Å². The predicted molar refractivity (Wildman–Crippen MR) is 86.9 cm³/mol. The van der Waals surface area contributed by atoms with Gasteiger partial charge in [0.1, 0.15) is 17.2 Å². The second-order valence-corrected chi connectivity index (χ2v) is 4.87. The summed E-state index contributed by atoms with van der Waals surface area (Å²) >= 11 is 0. The normalized spacial score (nSPS) is 12.0. The maximum absolute atomic E-state index is 13.1. The molecule has 0 fully saturated rings. The summed E-state index contributed by atoms with van der Waals surface area (Å²) in [5, 5.41) is 9.25. The van der Waals surface area contributed by atoms with E-state index in [2.05, 4.69) is 6.58 Å². The molecule has 0 unspecified atom stereocenters. The summed E-state index contributed by atoms with van der Waals surface area (Å²) in [4.78, 5) is 23.1. The van der Waals surface area contributed by atoms with Crippen molar-refractivity contribution in [1.29, 1.82) is 0 Å². The monoisotopic (exact) mass is 314 g/mol. The first-order chi connectivity index (χ1) is 10.9. The standard InChI is InChI=1S/C18H15FO4/c1-3-13(19)8-7-11(2)16-10-15(20)14-6-4-5-12(9-17(21)22)18(14)23-16/h3-8,10H,2,9H2,1H3,(H,21,22). The van der Waals surface area contributed by atoms with E-state index < -0.39 is 11.8 Å². The van der Waals surface area contributed by atoms with Crippen LogP contribution >= 0.6 is 0 Å². The highest BCUT2D eigenvalue weighted by Gasteiger charge is 2.12. The largest absolute Gasteiger partial charge is 0.481 e. The van der Waals surface area contributed by atoms with Gasteiger partial charge < -0.3 is 9.52 Å². The van der Waals surface area contributed by atoms with E-state index in [0.717, 1.165) is 0 Å². The molecular formula is C18H15FO4. The predicted octanol–water partition coefficient (Wildman–Crippen LogP) is 3.86. The summed E-state index contributed by atoms with van der Waals surface area (Å²) in [7, 11) is 0. The van der Waals surface area contributed by atoms with Crippen LogP contribution < -0.4 is 5.43 Å². The molecule has 0 aliphatic rings. The van der Waals surface area contributed by atoms with E-state index in [1.165, 1.54) is 24.3 Å². The lowest BCUT2D eigenvalue weighted by Crippen LogP contribution is -2.06. The lowest BCUT2D eigenvalue weighted by Gasteiger charge is -2.06. The van der Waals surface area contributed by atoms with Crippen LogP contribution in [0, 0.1) is 0 Å². The molecule has 0 spiro atoms. The minimum atomic E-state index is -1.03. The first-order valence-corrected chi connectivity index (χ1v) is 6.89. The second kappa shape index (κ2) is 6.87. The molecule has 0 atom stereocenters. The van der Waals surface area contributed by atoms with Gasteiger partial charge in [0, 0.05) is 17.2 Å². The van der Waals surface area contributed by atoms with Crippen molar-refractivity contribution in [3.63, 3.8) is 0 Å². The maximum Gasteiger partial charge on any atom is 0.307 e. The Morgan fingerprint density at radius 2 is 2.13 bits per heavy atom. The SMILES string of the molecule is C=C(C=CC(F)=CC)c1cc(=O)c2cccc(CC(=O)O)c2o1. The second-order valence-electron chi connectivity index (χ2n) is 4.87. The van der Waals surface area contributed by atoms with E-state index in [9.17, 15) is 14.0 Å². The molecule has 0 saturated carbocycles. The Kier molecular flexibility index (Phi) is 4.91. The van der Waals surface area contributed by atoms with Gasteiger partial charge in [-0.3, -0.25) is 9.59 Å². The molecule has 0 aliphatic heterocycles. The minimum absolute atomic E-state index is 0.167. The zero-order chi connectivity index (χ0) is 17.0. The van der Waals surface area contributed by atoms with Gasteiger partial charge in [0.05, 0.1) is 11.8 Å². The Labute approximate surface area is 131 Å². The van der Waals surface area contributed by atoms with E-state index in [-0.39, 0.29) is 23.2 Å². The number of halogens is 1. The van der Waals surface area contributed by atoms with Crippen molar-refractivity contribution < 1.29 is 18.7 Å². The molecule has 5 heteroatoms. The van der Waals surface area contributed by atoms with Crippen LogP contribution in [0.25, 0.3) is 16.5 Å². The van der Waals surface area contributed by atoms with Crippen molar-refractivity contribution in [3.8, 4) is 0 Å². The molecule has 4 nitrogen and oxygen atoms in total. The third kappa shape index (κ3) is 3.83. The van der Waals surface area contributed by atoms with Crippen LogP contribution in [0.3, 0.4) is 0 Å².